The van der Waals surface area contributed by atoms with Crippen LogP contribution in [0.1, 0.15) is 13.8 Å². The molecule has 1 fully saturated rings. The second-order valence-corrected chi connectivity index (χ2v) is 3.51. The number of ether oxygens (including phenoxy) is 3. The topological polar surface area (TPSA) is 111 Å². The van der Waals surface area contributed by atoms with Crippen LogP contribution in [-0.2, 0) is 23.8 Å². The van der Waals surface area contributed by atoms with Crippen molar-refractivity contribution >= 4 is 11.9 Å². The van der Waals surface area contributed by atoms with Crippen molar-refractivity contribution in [1.29, 1.82) is 0 Å². The van der Waals surface area contributed by atoms with Crippen LogP contribution in [0.2, 0.25) is 0 Å². The zero-order chi connectivity index (χ0) is 12.8. The molecular weight excluding hydrogens is 230 g/mol. The fourth-order valence-corrected chi connectivity index (χ4v) is 1.58. The smallest absolute Gasteiger partial charge is 0.303 e. The van der Waals surface area contributed by atoms with Gasteiger partial charge in [0.1, 0.15) is 6.10 Å². The van der Waals surface area contributed by atoms with Gasteiger partial charge in [0.2, 0.25) is 0 Å². The van der Waals surface area contributed by atoms with Gasteiger partial charge in [-0.1, -0.05) is 5.11 Å². The molecule has 17 heavy (non-hydrogen) atoms. The van der Waals surface area contributed by atoms with Crippen LogP contribution in [0.25, 0.3) is 10.4 Å². The number of azide groups is 1. The fourth-order valence-electron chi connectivity index (χ4n) is 1.58. The molecule has 8 nitrogen and oxygen atoms in total. The van der Waals surface area contributed by atoms with Gasteiger partial charge in [-0.3, -0.25) is 9.59 Å². The first-order chi connectivity index (χ1) is 8.04. The monoisotopic (exact) mass is 243 g/mol. The van der Waals surface area contributed by atoms with Crippen LogP contribution in [-0.4, -0.2) is 43.4 Å². The van der Waals surface area contributed by atoms with Gasteiger partial charge in [-0.15, -0.1) is 0 Å². The van der Waals surface area contributed by atoms with Crippen LogP contribution in [0, 0.1) is 0 Å². The summed E-state index contributed by atoms with van der Waals surface area (Å²) in [5, 5.41) is 3.35. The van der Waals surface area contributed by atoms with Gasteiger partial charge in [0.05, 0.1) is 13.2 Å². The van der Waals surface area contributed by atoms with E-state index in [2.05, 4.69) is 10.0 Å². The molecule has 1 heterocycles. The molecule has 0 saturated carbocycles. The van der Waals surface area contributed by atoms with Crippen LogP contribution in [0.5, 0.6) is 0 Å². The third-order valence-electron chi connectivity index (χ3n) is 2.15. The Hall–Kier alpha value is -1.79. The number of carbonyl (C=O) groups excluding carboxylic acids is 2. The highest BCUT2D eigenvalue weighted by molar-refractivity contribution is 5.67. The highest BCUT2D eigenvalue weighted by atomic mass is 16.6. The Morgan fingerprint density at radius 1 is 1.41 bits per heavy atom. The molecule has 0 aromatic rings. The lowest BCUT2D eigenvalue weighted by molar-refractivity contribution is -0.162. The molecule has 1 aliphatic rings. The molecule has 8 heteroatoms. The summed E-state index contributed by atoms with van der Waals surface area (Å²) < 4.78 is 15.2. The molecule has 0 amide bonds. The first-order valence-electron chi connectivity index (χ1n) is 5.01. The van der Waals surface area contributed by atoms with Crippen LogP contribution in [0.4, 0.5) is 0 Å². The van der Waals surface area contributed by atoms with Crippen LogP contribution in [0.15, 0.2) is 5.11 Å². The summed E-state index contributed by atoms with van der Waals surface area (Å²) >= 11 is 0. The third kappa shape index (κ3) is 3.93. The minimum atomic E-state index is -0.734. The van der Waals surface area contributed by atoms with Crippen LogP contribution < -0.4 is 0 Å². The molecule has 0 aromatic heterocycles. The fraction of sp³-hybridized carbons (Fsp3) is 0.778. The Balaban J connectivity index is 2.69. The van der Waals surface area contributed by atoms with E-state index < -0.39 is 30.3 Å². The quantitative estimate of drug-likeness (QED) is 0.310. The normalized spacial score (nSPS) is 27.1. The predicted molar refractivity (Wildman–Crippen MR) is 54.9 cm³/mol. The summed E-state index contributed by atoms with van der Waals surface area (Å²) in [5.41, 5.74) is 8.22. The Bertz CT molecular complexity index is 341. The van der Waals surface area contributed by atoms with E-state index in [9.17, 15) is 9.59 Å². The SMILES string of the molecule is CC(=O)O[C@@H]1[C@@H](CN=[N+]=[N-])OC[C@H]1OC(C)=O. The van der Waals surface area contributed by atoms with Crippen molar-refractivity contribution in [1.82, 2.24) is 0 Å². The van der Waals surface area contributed by atoms with Gasteiger partial charge in [-0.25, -0.2) is 0 Å². The highest BCUT2D eigenvalue weighted by Gasteiger charge is 2.41. The number of carbonyl (C=O) groups is 2. The number of esters is 2. The van der Waals surface area contributed by atoms with E-state index in [0.29, 0.717) is 0 Å². The van der Waals surface area contributed by atoms with Gasteiger partial charge in [-0.2, -0.15) is 0 Å². The maximum Gasteiger partial charge on any atom is 0.303 e. The van der Waals surface area contributed by atoms with Gasteiger partial charge in [0, 0.05) is 18.8 Å². The Morgan fingerprint density at radius 3 is 2.59 bits per heavy atom. The maximum absolute atomic E-state index is 10.9. The lowest BCUT2D eigenvalue weighted by Gasteiger charge is -2.21. The molecule has 0 spiro atoms. The van der Waals surface area contributed by atoms with Gasteiger partial charge >= 0.3 is 11.9 Å². The number of hydrogen-bond donors (Lipinski definition) is 0. The molecule has 0 unspecified atom stereocenters. The van der Waals surface area contributed by atoms with Crippen molar-refractivity contribution < 1.29 is 23.8 Å². The largest absolute Gasteiger partial charge is 0.456 e. The molecule has 0 aliphatic carbocycles. The molecular formula is C9H13N3O5. The predicted octanol–water partition coefficient (Wildman–Crippen LogP) is 0.559. The minimum Gasteiger partial charge on any atom is -0.456 e. The van der Waals surface area contributed by atoms with E-state index in [1.165, 1.54) is 13.8 Å². The van der Waals surface area contributed by atoms with Crippen molar-refractivity contribution in [2.75, 3.05) is 13.2 Å². The van der Waals surface area contributed by atoms with Crippen molar-refractivity contribution in [3.8, 4) is 0 Å². The summed E-state index contributed by atoms with van der Waals surface area (Å²) in [4.78, 5) is 24.4. The Morgan fingerprint density at radius 2 is 2.06 bits per heavy atom. The van der Waals surface area contributed by atoms with E-state index in [0.717, 1.165) is 0 Å². The molecule has 3 atom stereocenters. The second-order valence-electron chi connectivity index (χ2n) is 3.51. The van der Waals surface area contributed by atoms with E-state index >= 15 is 0 Å². The molecule has 1 rings (SSSR count). The van der Waals surface area contributed by atoms with E-state index in [1.807, 2.05) is 0 Å². The van der Waals surface area contributed by atoms with Gasteiger partial charge in [-0.05, 0) is 5.53 Å². The summed E-state index contributed by atoms with van der Waals surface area (Å²) in [7, 11) is 0. The lowest BCUT2D eigenvalue weighted by atomic mass is 10.1. The summed E-state index contributed by atoms with van der Waals surface area (Å²) in [6.45, 7) is 2.63. The van der Waals surface area contributed by atoms with Crippen molar-refractivity contribution in [3.63, 3.8) is 0 Å². The molecule has 0 bridgehead atoms. The van der Waals surface area contributed by atoms with Crippen LogP contribution in [0.3, 0.4) is 0 Å². The Labute approximate surface area is 97.5 Å². The summed E-state index contributed by atoms with van der Waals surface area (Å²) in [6, 6.07) is 0. The van der Waals surface area contributed by atoms with Gasteiger partial charge in [0.15, 0.2) is 12.2 Å². The highest BCUT2D eigenvalue weighted by Crippen LogP contribution is 2.21. The minimum absolute atomic E-state index is 0.0201. The first kappa shape index (κ1) is 13.3. The molecule has 0 radical (unpaired) electrons. The summed E-state index contributed by atoms with van der Waals surface area (Å²) in [5.74, 6) is -0.997. The standard InChI is InChI=1S/C9H13N3O5/c1-5(13)16-8-4-15-7(3-11-12-10)9(8)17-6(2)14/h7-9H,3-4H2,1-2H3/t7-,8-,9-/m1/s1. The van der Waals surface area contributed by atoms with E-state index in [1.54, 1.807) is 0 Å². The first-order valence-corrected chi connectivity index (χ1v) is 5.01. The lowest BCUT2D eigenvalue weighted by Crippen LogP contribution is -2.38. The number of rotatable bonds is 4. The average Bonchev–Trinajstić information content (AvgIpc) is 2.57. The van der Waals surface area contributed by atoms with Crippen molar-refractivity contribution in [3.05, 3.63) is 10.4 Å². The Kier molecular flexibility index (Phi) is 4.74. The number of nitrogens with zero attached hydrogens (tertiary/aromatic N) is 3. The zero-order valence-corrected chi connectivity index (χ0v) is 9.53. The average molecular weight is 243 g/mol. The number of hydrogen-bond acceptors (Lipinski definition) is 6. The zero-order valence-electron chi connectivity index (χ0n) is 9.53. The third-order valence-corrected chi connectivity index (χ3v) is 2.15. The second kappa shape index (κ2) is 6.07. The van der Waals surface area contributed by atoms with E-state index in [4.69, 9.17) is 19.7 Å². The summed E-state index contributed by atoms with van der Waals surface area (Å²) in [6.07, 6.45) is -1.98. The van der Waals surface area contributed by atoms with Crippen molar-refractivity contribution in [2.24, 2.45) is 5.11 Å². The maximum atomic E-state index is 10.9. The van der Waals surface area contributed by atoms with Crippen molar-refractivity contribution in [2.45, 2.75) is 32.2 Å². The molecule has 1 saturated heterocycles. The van der Waals surface area contributed by atoms with Crippen LogP contribution >= 0.6 is 0 Å². The molecule has 0 aromatic carbocycles. The molecule has 0 N–H and O–H groups in total. The molecule has 1 aliphatic heterocycles. The van der Waals surface area contributed by atoms with Gasteiger partial charge < -0.3 is 14.2 Å². The molecule has 94 valence electrons. The van der Waals surface area contributed by atoms with Gasteiger partial charge in [0.25, 0.3) is 0 Å². The van der Waals surface area contributed by atoms with E-state index in [-0.39, 0.29) is 13.2 Å².